The van der Waals surface area contributed by atoms with Gasteiger partial charge in [-0.3, -0.25) is 4.79 Å². The minimum Gasteiger partial charge on any atom is -0.497 e. The van der Waals surface area contributed by atoms with Gasteiger partial charge in [0.05, 0.1) is 20.3 Å². The fourth-order valence-corrected chi connectivity index (χ4v) is 4.67. The molecule has 1 aromatic heterocycles. The van der Waals surface area contributed by atoms with Gasteiger partial charge in [-0.05, 0) is 47.2 Å². The maximum Gasteiger partial charge on any atom is 0.247 e. The quantitative estimate of drug-likeness (QED) is 0.564. The highest BCUT2D eigenvalue weighted by Crippen LogP contribution is 2.38. The number of rotatable bonds is 5. The van der Waals surface area contributed by atoms with Crippen LogP contribution in [0.1, 0.15) is 27.6 Å². The molecule has 0 bridgehead atoms. The first-order valence-electron chi connectivity index (χ1n) is 9.53. The zero-order valence-corrected chi connectivity index (χ0v) is 17.3. The molecule has 148 valence electrons. The van der Waals surface area contributed by atoms with Gasteiger partial charge in [-0.15, -0.1) is 11.3 Å². The molecule has 0 spiro atoms. The van der Waals surface area contributed by atoms with E-state index in [1.807, 2.05) is 47.4 Å². The molecule has 1 aliphatic rings. The van der Waals surface area contributed by atoms with Gasteiger partial charge >= 0.3 is 0 Å². The predicted octanol–water partition coefficient (Wildman–Crippen LogP) is 4.95. The van der Waals surface area contributed by atoms with E-state index >= 15 is 0 Å². The Morgan fingerprint density at radius 1 is 1.10 bits per heavy atom. The van der Waals surface area contributed by atoms with Crippen molar-refractivity contribution >= 4 is 23.3 Å². The third kappa shape index (κ3) is 3.91. The molecule has 0 radical (unpaired) electrons. The lowest BCUT2D eigenvalue weighted by atomic mass is 9.93. The zero-order valence-electron chi connectivity index (χ0n) is 16.5. The molecule has 1 aliphatic heterocycles. The van der Waals surface area contributed by atoms with E-state index in [4.69, 9.17) is 9.47 Å². The van der Waals surface area contributed by atoms with E-state index in [-0.39, 0.29) is 11.9 Å². The van der Waals surface area contributed by atoms with Crippen LogP contribution in [0.5, 0.6) is 11.5 Å². The van der Waals surface area contributed by atoms with Gasteiger partial charge in [-0.1, -0.05) is 30.3 Å². The average Bonchev–Trinajstić information content (AvgIpc) is 3.26. The van der Waals surface area contributed by atoms with Crippen LogP contribution in [0.15, 0.2) is 66.1 Å². The molecule has 4 nitrogen and oxygen atoms in total. The van der Waals surface area contributed by atoms with Crippen molar-refractivity contribution in [2.75, 3.05) is 20.8 Å². The third-order valence-electron chi connectivity index (χ3n) is 5.21. The smallest absolute Gasteiger partial charge is 0.247 e. The second-order valence-corrected chi connectivity index (χ2v) is 7.84. The Bertz CT molecular complexity index is 1030. The Morgan fingerprint density at radius 2 is 1.93 bits per heavy atom. The predicted molar refractivity (Wildman–Crippen MR) is 117 cm³/mol. The lowest BCUT2D eigenvalue weighted by Gasteiger charge is -2.35. The fourth-order valence-electron chi connectivity index (χ4n) is 3.76. The lowest BCUT2D eigenvalue weighted by Crippen LogP contribution is -2.39. The number of thiophene rings is 1. The number of carbonyl (C=O) groups is 1. The van der Waals surface area contributed by atoms with Gasteiger partial charge in [0, 0.05) is 29.1 Å². The van der Waals surface area contributed by atoms with E-state index < -0.39 is 0 Å². The largest absolute Gasteiger partial charge is 0.497 e. The summed E-state index contributed by atoms with van der Waals surface area (Å²) in [6, 6.07) is 17.9. The van der Waals surface area contributed by atoms with Crippen LogP contribution in [0.4, 0.5) is 0 Å². The van der Waals surface area contributed by atoms with E-state index in [2.05, 4.69) is 23.6 Å². The highest BCUT2D eigenvalue weighted by Gasteiger charge is 2.31. The number of hydrogen-bond donors (Lipinski definition) is 0. The summed E-state index contributed by atoms with van der Waals surface area (Å²) in [6.07, 6.45) is 4.34. The maximum atomic E-state index is 13.2. The van der Waals surface area contributed by atoms with Gasteiger partial charge < -0.3 is 14.4 Å². The number of amides is 1. The topological polar surface area (TPSA) is 38.8 Å². The second-order valence-electron chi connectivity index (χ2n) is 6.84. The SMILES string of the molecule is COc1ccc(/C=C/C(=O)N2CCc3sccc3[C@H]2c2ccccc2)c(OC)c1. The normalized spacial score (nSPS) is 15.9. The molecule has 5 heteroatoms. The number of carbonyl (C=O) groups excluding carboxylic acids is 1. The molecule has 0 aliphatic carbocycles. The third-order valence-corrected chi connectivity index (χ3v) is 6.21. The standard InChI is InChI=1S/C24H23NO3S/c1-27-19-10-8-17(21(16-19)28-2)9-11-23(26)25-14-12-22-20(13-15-29-22)24(25)18-6-4-3-5-7-18/h3-11,13,15-16,24H,12,14H2,1-2H3/b11-9+/t24-/m1/s1. The number of benzene rings is 2. The first kappa shape index (κ1) is 19.3. The van der Waals surface area contributed by atoms with Crippen molar-refractivity contribution in [3.8, 4) is 11.5 Å². The van der Waals surface area contributed by atoms with Crippen molar-refractivity contribution in [3.05, 3.63) is 87.6 Å². The summed E-state index contributed by atoms with van der Waals surface area (Å²) in [4.78, 5) is 16.5. The Morgan fingerprint density at radius 3 is 2.69 bits per heavy atom. The summed E-state index contributed by atoms with van der Waals surface area (Å²) in [6.45, 7) is 0.704. The highest BCUT2D eigenvalue weighted by atomic mass is 32.1. The lowest BCUT2D eigenvalue weighted by molar-refractivity contribution is -0.127. The summed E-state index contributed by atoms with van der Waals surface area (Å²) < 4.78 is 10.7. The van der Waals surface area contributed by atoms with Crippen LogP contribution in [0.25, 0.3) is 6.08 Å². The Hall–Kier alpha value is -3.05. The number of hydrogen-bond acceptors (Lipinski definition) is 4. The van der Waals surface area contributed by atoms with Gasteiger partial charge in [-0.2, -0.15) is 0 Å². The van der Waals surface area contributed by atoms with E-state index in [1.54, 1.807) is 31.6 Å². The van der Waals surface area contributed by atoms with Crippen molar-refractivity contribution in [2.24, 2.45) is 0 Å². The van der Waals surface area contributed by atoms with Gasteiger partial charge in [0.25, 0.3) is 0 Å². The van der Waals surface area contributed by atoms with Crippen LogP contribution in [0, 0.1) is 0 Å². The zero-order chi connectivity index (χ0) is 20.2. The molecule has 4 rings (SSSR count). The van der Waals surface area contributed by atoms with Crippen molar-refractivity contribution in [3.63, 3.8) is 0 Å². The molecule has 1 atom stereocenters. The van der Waals surface area contributed by atoms with Crippen LogP contribution < -0.4 is 9.47 Å². The Labute approximate surface area is 175 Å². The summed E-state index contributed by atoms with van der Waals surface area (Å²) in [5.41, 5.74) is 3.21. The molecule has 2 aromatic carbocycles. The van der Waals surface area contributed by atoms with Gasteiger partial charge in [0.15, 0.2) is 0 Å². The molecule has 2 heterocycles. The number of ether oxygens (including phenoxy) is 2. The molecule has 0 N–H and O–H groups in total. The fraction of sp³-hybridized carbons (Fsp3) is 0.208. The van der Waals surface area contributed by atoms with Crippen LogP contribution in [-0.4, -0.2) is 31.6 Å². The second kappa shape index (κ2) is 8.53. The monoisotopic (exact) mass is 405 g/mol. The number of nitrogens with zero attached hydrogens (tertiary/aromatic N) is 1. The van der Waals surface area contributed by atoms with Crippen LogP contribution in [0.2, 0.25) is 0 Å². The molecule has 0 fully saturated rings. The molecule has 0 saturated carbocycles. The van der Waals surface area contributed by atoms with E-state index in [1.165, 1.54) is 10.4 Å². The highest BCUT2D eigenvalue weighted by molar-refractivity contribution is 7.10. The first-order valence-corrected chi connectivity index (χ1v) is 10.4. The molecular formula is C24H23NO3S. The summed E-state index contributed by atoms with van der Waals surface area (Å²) in [5.74, 6) is 1.39. The molecule has 29 heavy (non-hydrogen) atoms. The van der Waals surface area contributed by atoms with E-state index in [0.717, 1.165) is 23.3 Å². The van der Waals surface area contributed by atoms with Gasteiger partial charge in [-0.25, -0.2) is 0 Å². The number of methoxy groups -OCH3 is 2. The summed E-state index contributed by atoms with van der Waals surface area (Å²) in [5, 5.41) is 2.12. The summed E-state index contributed by atoms with van der Waals surface area (Å²) >= 11 is 1.77. The number of fused-ring (bicyclic) bond motifs is 1. The first-order chi connectivity index (χ1) is 14.2. The van der Waals surface area contributed by atoms with Crippen LogP contribution in [0.3, 0.4) is 0 Å². The summed E-state index contributed by atoms with van der Waals surface area (Å²) in [7, 11) is 3.23. The molecular weight excluding hydrogens is 382 g/mol. The molecule has 1 amide bonds. The molecule has 0 unspecified atom stereocenters. The molecule has 0 saturated heterocycles. The van der Waals surface area contributed by atoms with E-state index in [0.29, 0.717) is 12.3 Å². The van der Waals surface area contributed by atoms with Crippen LogP contribution in [-0.2, 0) is 11.2 Å². The van der Waals surface area contributed by atoms with Crippen molar-refractivity contribution < 1.29 is 14.3 Å². The minimum atomic E-state index is -0.0545. The average molecular weight is 406 g/mol. The van der Waals surface area contributed by atoms with Crippen molar-refractivity contribution in [1.82, 2.24) is 4.90 Å². The Kier molecular flexibility index (Phi) is 5.67. The van der Waals surface area contributed by atoms with Gasteiger partial charge in [0.1, 0.15) is 11.5 Å². The van der Waals surface area contributed by atoms with Crippen molar-refractivity contribution in [2.45, 2.75) is 12.5 Å². The van der Waals surface area contributed by atoms with Crippen molar-refractivity contribution in [1.29, 1.82) is 0 Å². The molecule has 3 aromatic rings. The minimum absolute atomic E-state index is 0.00595. The van der Waals surface area contributed by atoms with Gasteiger partial charge in [0.2, 0.25) is 5.91 Å². The Balaban J connectivity index is 1.63. The van der Waals surface area contributed by atoms with Crippen LogP contribution >= 0.6 is 11.3 Å². The maximum absolute atomic E-state index is 13.2. The van der Waals surface area contributed by atoms with E-state index in [9.17, 15) is 4.79 Å².